The molecule has 0 aromatic carbocycles. The van der Waals surface area contributed by atoms with Gasteiger partial charge in [0.2, 0.25) is 0 Å². The Hall–Kier alpha value is -1.58. The minimum Gasteiger partial charge on any atom is -0.293 e. The van der Waals surface area contributed by atoms with Gasteiger partial charge in [0.1, 0.15) is 5.82 Å². The minimum atomic E-state index is -0.386. The normalized spacial score (nSPS) is 15.3. The first-order valence-corrected chi connectivity index (χ1v) is 3.97. The first kappa shape index (κ1) is 8.04. The molecular weight excluding hydrogens is 171 g/mol. The van der Waals surface area contributed by atoms with Crippen molar-refractivity contribution in [2.24, 2.45) is 4.99 Å². The van der Waals surface area contributed by atoms with E-state index in [1.807, 2.05) is 0 Å². The largest absolute Gasteiger partial charge is 0.293 e. The number of halogens is 1. The summed E-state index contributed by atoms with van der Waals surface area (Å²) in [6.07, 6.45) is 3.24. The molecule has 0 atom stereocenters. The van der Waals surface area contributed by atoms with Crippen LogP contribution in [0.4, 0.5) is 10.2 Å². The van der Waals surface area contributed by atoms with E-state index in [0.29, 0.717) is 24.2 Å². The van der Waals surface area contributed by atoms with Crippen LogP contribution >= 0.6 is 0 Å². The van der Waals surface area contributed by atoms with Crippen molar-refractivity contribution in [1.29, 1.82) is 0 Å². The molecule has 2 rings (SSSR count). The standard InChI is InChI=1S/C9H7FN2O/c10-7-3-6-1-2-8(13)5-12-9(6)11-4-7/h3-5H,1-2H2. The number of hydrogen-bond donors (Lipinski definition) is 0. The van der Waals surface area contributed by atoms with Gasteiger partial charge in [-0.1, -0.05) is 0 Å². The van der Waals surface area contributed by atoms with E-state index in [-0.39, 0.29) is 11.6 Å². The van der Waals surface area contributed by atoms with Gasteiger partial charge in [-0.3, -0.25) is 4.79 Å². The quantitative estimate of drug-likeness (QED) is 0.603. The third-order valence-electron chi connectivity index (χ3n) is 1.88. The molecule has 0 radical (unpaired) electrons. The predicted octanol–water partition coefficient (Wildman–Crippen LogP) is 1.44. The predicted molar refractivity (Wildman–Crippen MR) is 45.7 cm³/mol. The summed E-state index contributed by atoms with van der Waals surface area (Å²) in [5, 5.41) is 0. The van der Waals surface area contributed by atoms with Crippen LogP contribution in [0, 0.1) is 5.82 Å². The highest BCUT2D eigenvalue weighted by Crippen LogP contribution is 2.20. The first-order chi connectivity index (χ1) is 6.25. The molecule has 0 fully saturated rings. The van der Waals surface area contributed by atoms with Gasteiger partial charge in [-0.15, -0.1) is 0 Å². The SMILES string of the molecule is O=C1C=Nc2ncc(F)cc2CC1. The summed E-state index contributed by atoms with van der Waals surface area (Å²) < 4.78 is 12.7. The number of Topliss-reactive ketones (excluding diaryl/α,β-unsaturated/α-hetero) is 1. The number of rotatable bonds is 0. The second kappa shape index (κ2) is 3.05. The molecule has 66 valence electrons. The van der Waals surface area contributed by atoms with Gasteiger partial charge in [0, 0.05) is 12.0 Å². The van der Waals surface area contributed by atoms with Crippen LogP contribution in [0.2, 0.25) is 0 Å². The Balaban J connectivity index is 2.46. The van der Waals surface area contributed by atoms with Crippen molar-refractivity contribution in [2.75, 3.05) is 0 Å². The van der Waals surface area contributed by atoms with Crippen LogP contribution in [0.1, 0.15) is 12.0 Å². The summed E-state index contributed by atoms with van der Waals surface area (Å²) in [5.74, 6) is 0.0222. The lowest BCUT2D eigenvalue weighted by atomic mass is 10.1. The molecule has 2 heterocycles. The van der Waals surface area contributed by atoms with Crippen molar-refractivity contribution < 1.29 is 9.18 Å². The average molecular weight is 178 g/mol. The molecule has 4 heteroatoms. The summed E-state index contributed by atoms with van der Waals surface area (Å²) in [4.78, 5) is 18.6. The molecular formula is C9H7FN2O. The van der Waals surface area contributed by atoms with Crippen molar-refractivity contribution in [1.82, 2.24) is 4.98 Å². The third-order valence-corrected chi connectivity index (χ3v) is 1.88. The van der Waals surface area contributed by atoms with E-state index >= 15 is 0 Å². The monoisotopic (exact) mass is 178 g/mol. The topological polar surface area (TPSA) is 42.3 Å². The lowest BCUT2D eigenvalue weighted by Gasteiger charge is -1.99. The van der Waals surface area contributed by atoms with Gasteiger partial charge < -0.3 is 0 Å². The maximum atomic E-state index is 12.7. The maximum Gasteiger partial charge on any atom is 0.174 e. The molecule has 0 N–H and O–H groups in total. The molecule has 1 aliphatic rings. The number of nitrogens with zero attached hydrogens (tertiary/aromatic N) is 2. The molecule has 0 bridgehead atoms. The summed E-state index contributed by atoms with van der Waals surface area (Å²) in [6.45, 7) is 0. The Morgan fingerprint density at radius 2 is 2.23 bits per heavy atom. The Kier molecular flexibility index (Phi) is 1.88. The second-order valence-corrected chi connectivity index (χ2v) is 2.86. The molecule has 0 saturated carbocycles. The highest BCUT2D eigenvalue weighted by atomic mass is 19.1. The molecule has 0 unspecified atom stereocenters. The van der Waals surface area contributed by atoms with Crippen molar-refractivity contribution >= 4 is 17.8 Å². The average Bonchev–Trinajstić information content (AvgIpc) is 2.29. The molecule has 13 heavy (non-hydrogen) atoms. The molecule has 3 nitrogen and oxygen atoms in total. The van der Waals surface area contributed by atoms with E-state index in [4.69, 9.17) is 0 Å². The van der Waals surface area contributed by atoms with Crippen LogP contribution in [0.3, 0.4) is 0 Å². The molecule has 0 aliphatic carbocycles. The van der Waals surface area contributed by atoms with Gasteiger partial charge in [0.25, 0.3) is 0 Å². The fraction of sp³-hybridized carbons (Fsp3) is 0.222. The molecule has 1 aromatic rings. The van der Waals surface area contributed by atoms with Gasteiger partial charge in [-0.2, -0.15) is 0 Å². The minimum absolute atomic E-state index is 0.0431. The number of carbonyl (C=O) groups is 1. The molecule has 1 aliphatic heterocycles. The van der Waals surface area contributed by atoms with Crippen LogP contribution in [-0.4, -0.2) is 17.0 Å². The zero-order valence-corrected chi connectivity index (χ0v) is 6.83. The summed E-state index contributed by atoms with van der Waals surface area (Å²) in [6, 6.07) is 1.37. The lowest BCUT2D eigenvalue weighted by Crippen LogP contribution is -1.97. The van der Waals surface area contributed by atoms with E-state index in [0.717, 1.165) is 6.20 Å². The van der Waals surface area contributed by atoms with Crippen LogP contribution in [-0.2, 0) is 11.2 Å². The van der Waals surface area contributed by atoms with E-state index in [9.17, 15) is 9.18 Å². The van der Waals surface area contributed by atoms with Gasteiger partial charge >= 0.3 is 0 Å². The van der Waals surface area contributed by atoms with Crippen LogP contribution in [0.15, 0.2) is 17.3 Å². The van der Waals surface area contributed by atoms with Crippen molar-refractivity contribution in [3.8, 4) is 0 Å². The number of aliphatic imine (C=N–C) groups is 1. The van der Waals surface area contributed by atoms with E-state index in [2.05, 4.69) is 9.98 Å². The highest BCUT2D eigenvalue weighted by Gasteiger charge is 2.10. The van der Waals surface area contributed by atoms with Crippen molar-refractivity contribution in [3.63, 3.8) is 0 Å². The Bertz CT molecular complexity index is 387. The van der Waals surface area contributed by atoms with E-state index in [1.54, 1.807) is 0 Å². The zero-order valence-electron chi connectivity index (χ0n) is 6.83. The Labute approximate surface area is 74.3 Å². The van der Waals surface area contributed by atoms with Gasteiger partial charge in [-0.05, 0) is 12.5 Å². The van der Waals surface area contributed by atoms with Crippen molar-refractivity contribution in [2.45, 2.75) is 12.8 Å². The maximum absolute atomic E-state index is 12.7. The number of aryl methyl sites for hydroxylation is 1. The fourth-order valence-corrected chi connectivity index (χ4v) is 1.23. The van der Waals surface area contributed by atoms with Gasteiger partial charge in [0.15, 0.2) is 11.6 Å². The fourth-order valence-electron chi connectivity index (χ4n) is 1.23. The third kappa shape index (κ3) is 1.61. The first-order valence-electron chi connectivity index (χ1n) is 3.97. The summed E-state index contributed by atoms with van der Waals surface area (Å²) >= 11 is 0. The van der Waals surface area contributed by atoms with Gasteiger partial charge in [0.05, 0.1) is 12.4 Å². The number of fused-ring (bicyclic) bond motifs is 1. The summed E-state index contributed by atoms with van der Waals surface area (Å²) in [5.41, 5.74) is 0.696. The Morgan fingerprint density at radius 1 is 1.38 bits per heavy atom. The zero-order chi connectivity index (χ0) is 9.26. The number of aromatic nitrogens is 1. The lowest BCUT2D eigenvalue weighted by molar-refractivity contribution is -0.112. The molecule has 0 spiro atoms. The van der Waals surface area contributed by atoms with E-state index < -0.39 is 0 Å². The number of ketones is 1. The van der Waals surface area contributed by atoms with E-state index in [1.165, 1.54) is 12.3 Å². The molecule has 0 amide bonds. The van der Waals surface area contributed by atoms with Gasteiger partial charge in [-0.25, -0.2) is 14.4 Å². The summed E-state index contributed by atoms with van der Waals surface area (Å²) in [7, 11) is 0. The van der Waals surface area contributed by atoms with Crippen LogP contribution in [0.25, 0.3) is 0 Å². The molecule has 1 aromatic heterocycles. The molecule has 0 saturated heterocycles. The Morgan fingerprint density at radius 3 is 3.08 bits per heavy atom. The number of carbonyl (C=O) groups excluding carboxylic acids is 1. The van der Waals surface area contributed by atoms with Crippen LogP contribution in [0.5, 0.6) is 0 Å². The van der Waals surface area contributed by atoms with Crippen LogP contribution < -0.4 is 0 Å². The van der Waals surface area contributed by atoms with Crippen molar-refractivity contribution in [3.05, 3.63) is 23.6 Å². The number of pyridine rings is 1. The second-order valence-electron chi connectivity index (χ2n) is 2.86. The highest BCUT2D eigenvalue weighted by molar-refractivity contribution is 6.28. The smallest absolute Gasteiger partial charge is 0.174 e. The number of hydrogen-bond acceptors (Lipinski definition) is 3.